The molecule has 2 aromatic rings. The Morgan fingerprint density at radius 1 is 1.25 bits per heavy atom. The van der Waals surface area contributed by atoms with Gasteiger partial charge >= 0.3 is 0 Å². The lowest BCUT2D eigenvalue weighted by Gasteiger charge is -2.04. The predicted octanol–water partition coefficient (Wildman–Crippen LogP) is 4.21. The Morgan fingerprint density at radius 3 is 2.55 bits per heavy atom. The van der Waals surface area contributed by atoms with Gasteiger partial charge in [-0.2, -0.15) is 0 Å². The highest BCUT2D eigenvalue weighted by atomic mass is 35.5. The molecule has 0 aliphatic rings. The Morgan fingerprint density at radius 2 is 1.95 bits per heavy atom. The lowest BCUT2D eigenvalue weighted by atomic mass is 10.2. The van der Waals surface area contributed by atoms with Crippen LogP contribution in [0.3, 0.4) is 0 Å². The molecule has 0 fully saturated rings. The van der Waals surface area contributed by atoms with Gasteiger partial charge in [-0.1, -0.05) is 34.6 Å². The van der Waals surface area contributed by atoms with Gasteiger partial charge < -0.3 is 5.21 Å². The minimum atomic E-state index is -0.465. The van der Waals surface area contributed by atoms with E-state index in [0.29, 0.717) is 15.5 Å². The number of halogens is 1. The Bertz CT molecular complexity index is 659. The molecule has 0 heterocycles. The highest BCUT2D eigenvalue weighted by Gasteiger charge is 2.15. The Labute approximate surface area is 124 Å². The summed E-state index contributed by atoms with van der Waals surface area (Å²) in [7, 11) is 0. The Balaban J connectivity index is 2.35. The van der Waals surface area contributed by atoms with Crippen LogP contribution in [-0.2, 0) is 0 Å². The van der Waals surface area contributed by atoms with E-state index in [2.05, 4.69) is 5.16 Å². The fraction of sp³-hybridized carbons (Fsp3) is 0. The zero-order valence-corrected chi connectivity index (χ0v) is 11.6. The average Bonchev–Trinajstić information content (AvgIpc) is 2.43. The van der Waals surface area contributed by atoms with Crippen molar-refractivity contribution < 1.29 is 10.1 Å². The second-order valence-electron chi connectivity index (χ2n) is 3.78. The van der Waals surface area contributed by atoms with Crippen molar-refractivity contribution in [2.75, 3.05) is 0 Å². The molecule has 0 saturated heterocycles. The fourth-order valence-corrected chi connectivity index (χ4v) is 2.57. The molecule has 2 aromatic carbocycles. The van der Waals surface area contributed by atoms with Crippen LogP contribution in [0.2, 0.25) is 5.02 Å². The molecular formula is C13H9ClN2O3S. The molecular weight excluding hydrogens is 300 g/mol. The van der Waals surface area contributed by atoms with Crippen molar-refractivity contribution in [1.29, 1.82) is 0 Å². The van der Waals surface area contributed by atoms with Crippen molar-refractivity contribution >= 4 is 35.3 Å². The molecule has 0 saturated carbocycles. The monoisotopic (exact) mass is 308 g/mol. The number of nitro groups is 1. The number of nitro benzene ring substituents is 1. The van der Waals surface area contributed by atoms with Gasteiger partial charge in [0.2, 0.25) is 0 Å². The smallest absolute Gasteiger partial charge is 0.283 e. The van der Waals surface area contributed by atoms with Gasteiger partial charge in [-0.15, -0.1) is 0 Å². The second kappa shape index (κ2) is 6.40. The molecule has 0 atom stereocenters. The van der Waals surface area contributed by atoms with Gasteiger partial charge in [0.1, 0.15) is 0 Å². The lowest BCUT2D eigenvalue weighted by Crippen LogP contribution is -1.93. The van der Waals surface area contributed by atoms with Crippen LogP contribution in [0, 0.1) is 10.1 Å². The summed E-state index contributed by atoms with van der Waals surface area (Å²) in [5, 5.41) is 23.0. The molecule has 0 spiro atoms. The lowest BCUT2D eigenvalue weighted by molar-refractivity contribution is -0.387. The van der Waals surface area contributed by atoms with Crippen LogP contribution in [0.4, 0.5) is 5.69 Å². The first-order valence-electron chi connectivity index (χ1n) is 5.49. The third kappa shape index (κ3) is 3.49. The minimum absolute atomic E-state index is 0.0395. The quantitative estimate of drug-likeness (QED) is 0.397. The standard InChI is InChI=1S/C13H9ClN2O3S/c14-10-2-4-11(5-3-10)20-13-6-1-9(8-15-17)7-12(13)16(18)19/h1-8,17H/b15-8+. The van der Waals surface area contributed by atoms with Crippen LogP contribution in [-0.4, -0.2) is 16.3 Å². The zero-order valence-electron chi connectivity index (χ0n) is 10.1. The van der Waals surface area contributed by atoms with Gasteiger partial charge in [0.25, 0.3) is 5.69 Å². The van der Waals surface area contributed by atoms with Gasteiger partial charge in [-0.3, -0.25) is 10.1 Å². The summed E-state index contributed by atoms with van der Waals surface area (Å²) >= 11 is 7.07. The van der Waals surface area contributed by atoms with E-state index >= 15 is 0 Å². The van der Waals surface area contributed by atoms with Gasteiger partial charge in [0.15, 0.2) is 0 Å². The molecule has 5 nitrogen and oxygen atoms in total. The number of oxime groups is 1. The molecule has 0 aliphatic heterocycles. The minimum Gasteiger partial charge on any atom is -0.411 e. The average molecular weight is 309 g/mol. The van der Waals surface area contributed by atoms with E-state index in [1.807, 2.05) is 0 Å². The van der Waals surface area contributed by atoms with Gasteiger partial charge in [0, 0.05) is 21.5 Å². The SMILES string of the molecule is O=[N+]([O-])c1cc(/C=N/O)ccc1Sc1ccc(Cl)cc1. The number of nitrogens with zero attached hydrogens (tertiary/aromatic N) is 2. The zero-order chi connectivity index (χ0) is 14.5. The summed E-state index contributed by atoms with van der Waals surface area (Å²) in [4.78, 5) is 12.0. The molecule has 7 heteroatoms. The molecule has 0 aromatic heterocycles. The summed E-state index contributed by atoms with van der Waals surface area (Å²) in [6, 6.07) is 11.7. The third-order valence-corrected chi connectivity index (χ3v) is 3.75. The number of hydrogen-bond acceptors (Lipinski definition) is 5. The first kappa shape index (κ1) is 14.4. The number of benzene rings is 2. The van der Waals surface area contributed by atoms with E-state index in [1.165, 1.54) is 17.8 Å². The van der Waals surface area contributed by atoms with Gasteiger partial charge in [-0.05, 0) is 30.3 Å². The Kier molecular flexibility index (Phi) is 4.60. The van der Waals surface area contributed by atoms with Gasteiger partial charge in [-0.25, -0.2) is 0 Å². The maximum absolute atomic E-state index is 11.1. The van der Waals surface area contributed by atoms with Gasteiger partial charge in [0.05, 0.1) is 16.0 Å². The molecule has 0 aliphatic carbocycles. The maximum Gasteiger partial charge on any atom is 0.283 e. The molecule has 0 bridgehead atoms. The maximum atomic E-state index is 11.1. The first-order chi connectivity index (χ1) is 9.60. The Hall–Kier alpha value is -2.05. The normalized spacial score (nSPS) is 10.8. The van der Waals surface area contributed by atoms with Crippen molar-refractivity contribution in [3.05, 3.63) is 63.2 Å². The first-order valence-corrected chi connectivity index (χ1v) is 6.69. The van der Waals surface area contributed by atoms with Crippen molar-refractivity contribution in [3.63, 3.8) is 0 Å². The predicted molar refractivity (Wildman–Crippen MR) is 78.1 cm³/mol. The molecule has 20 heavy (non-hydrogen) atoms. The molecule has 0 amide bonds. The molecule has 1 N–H and O–H groups in total. The van der Waals surface area contributed by atoms with Crippen LogP contribution in [0.15, 0.2) is 57.4 Å². The largest absolute Gasteiger partial charge is 0.411 e. The van der Waals surface area contributed by atoms with Crippen LogP contribution in [0.5, 0.6) is 0 Å². The summed E-state index contributed by atoms with van der Waals surface area (Å²) in [5.74, 6) is 0. The van der Waals surface area contributed by atoms with E-state index < -0.39 is 4.92 Å². The van der Waals surface area contributed by atoms with E-state index in [4.69, 9.17) is 16.8 Å². The van der Waals surface area contributed by atoms with E-state index in [1.54, 1.807) is 36.4 Å². The summed E-state index contributed by atoms with van der Waals surface area (Å²) < 4.78 is 0. The molecule has 0 unspecified atom stereocenters. The van der Waals surface area contributed by atoms with Crippen LogP contribution >= 0.6 is 23.4 Å². The van der Waals surface area contributed by atoms with Crippen molar-refractivity contribution in [3.8, 4) is 0 Å². The fourth-order valence-electron chi connectivity index (χ4n) is 1.54. The van der Waals surface area contributed by atoms with Crippen LogP contribution in [0.25, 0.3) is 0 Å². The highest BCUT2D eigenvalue weighted by molar-refractivity contribution is 7.99. The van der Waals surface area contributed by atoms with E-state index in [-0.39, 0.29) is 5.69 Å². The van der Waals surface area contributed by atoms with Crippen molar-refractivity contribution in [2.45, 2.75) is 9.79 Å². The number of hydrogen-bond donors (Lipinski definition) is 1. The van der Waals surface area contributed by atoms with E-state index in [0.717, 1.165) is 11.1 Å². The molecule has 102 valence electrons. The summed E-state index contributed by atoms with van der Waals surface area (Å²) in [5.41, 5.74) is 0.419. The summed E-state index contributed by atoms with van der Waals surface area (Å²) in [6.45, 7) is 0. The van der Waals surface area contributed by atoms with Crippen LogP contribution in [0.1, 0.15) is 5.56 Å². The summed E-state index contributed by atoms with van der Waals surface area (Å²) in [6.07, 6.45) is 1.14. The topological polar surface area (TPSA) is 75.7 Å². The number of rotatable bonds is 4. The molecule has 0 radical (unpaired) electrons. The second-order valence-corrected chi connectivity index (χ2v) is 5.34. The third-order valence-electron chi connectivity index (χ3n) is 2.43. The highest BCUT2D eigenvalue weighted by Crippen LogP contribution is 2.35. The van der Waals surface area contributed by atoms with Crippen molar-refractivity contribution in [2.24, 2.45) is 5.16 Å². The molecule has 2 rings (SSSR count). The van der Waals surface area contributed by atoms with E-state index in [9.17, 15) is 10.1 Å². The van der Waals surface area contributed by atoms with Crippen molar-refractivity contribution in [1.82, 2.24) is 0 Å². The van der Waals surface area contributed by atoms with Crippen LogP contribution < -0.4 is 0 Å².